The van der Waals surface area contributed by atoms with Gasteiger partial charge in [-0.3, -0.25) is 14.4 Å². The van der Waals surface area contributed by atoms with Gasteiger partial charge in [-0.25, -0.2) is 4.68 Å². The maximum absolute atomic E-state index is 13.4. The van der Waals surface area contributed by atoms with Gasteiger partial charge in [0.2, 0.25) is 5.78 Å². The molecule has 32 heavy (non-hydrogen) atoms. The fourth-order valence-electron chi connectivity index (χ4n) is 5.23. The van der Waals surface area contributed by atoms with Gasteiger partial charge in [-0.2, -0.15) is 5.10 Å². The number of hydrogen-bond acceptors (Lipinski definition) is 8. The molecule has 10 heteroatoms. The van der Waals surface area contributed by atoms with Gasteiger partial charge >= 0.3 is 0 Å². The summed E-state index contributed by atoms with van der Waals surface area (Å²) < 4.78 is 1.55. The zero-order valence-electron chi connectivity index (χ0n) is 16.6. The van der Waals surface area contributed by atoms with Crippen LogP contribution >= 0.6 is 0 Å². The highest BCUT2D eigenvalue weighted by Gasteiger charge is 2.59. The van der Waals surface area contributed by atoms with Gasteiger partial charge in [0.1, 0.15) is 22.8 Å². The predicted octanol–water partition coefficient (Wildman–Crippen LogP) is 0.766. The average Bonchev–Trinajstić information content (AvgIpc) is 3.25. The molecule has 0 fully saturated rings. The van der Waals surface area contributed by atoms with E-state index in [0.717, 1.165) is 0 Å². The molecule has 0 spiro atoms. The number of primary amides is 1. The molecule has 0 bridgehead atoms. The van der Waals surface area contributed by atoms with E-state index >= 15 is 0 Å². The topological polar surface area (TPSA) is 176 Å². The molecule has 0 unspecified atom stereocenters. The van der Waals surface area contributed by atoms with Crippen molar-refractivity contribution in [2.24, 2.45) is 17.6 Å². The number of aliphatic hydroxyl groups excluding tert-OH is 2. The second-order valence-corrected chi connectivity index (χ2v) is 8.32. The molecule has 0 aliphatic heterocycles. The fourth-order valence-corrected chi connectivity index (χ4v) is 5.23. The highest BCUT2D eigenvalue weighted by molar-refractivity contribution is 6.24. The number of aromatic nitrogens is 2. The van der Waals surface area contributed by atoms with Crippen LogP contribution in [0.1, 0.15) is 28.8 Å². The Bertz CT molecular complexity index is 1270. The summed E-state index contributed by atoms with van der Waals surface area (Å²) >= 11 is 0. The highest BCUT2D eigenvalue weighted by atomic mass is 16.3. The van der Waals surface area contributed by atoms with E-state index in [0.29, 0.717) is 11.3 Å². The molecule has 3 aliphatic carbocycles. The Hall–Kier alpha value is -3.92. The van der Waals surface area contributed by atoms with Gasteiger partial charge in [0.15, 0.2) is 11.4 Å². The van der Waals surface area contributed by atoms with Crippen molar-refractivity contribution < 1.29 is 34.8 Å². The van der Waals surface area contributed by atoms with Crippen molar-refractivity contribution in [3.05, 3.63) is 64.4 Å². The number of carbonyl (C=O) groups excluding carboxylic acids is 3. The Morgan fingerprint density at radius 2 is 1.94 bits per heavy atom. The number of nitrogens with two attached hydrogens (primary N) is 1. The third-order valence-electron chi connectivity index (χ3n) is 6.67. The lowest BCUT2D eigenvalue weighted by Crippen LogP contribution is -2.57. The molecule has 5 rings (SSSR count). The monoisotopic (exact) mass is 437 g/mol. The second kappa shape index (κ2) is 6.54. The molecule has 1 aromatic heterocycles. The number of phenolic OH excluding ortho intramolecular Hbond substituents is 1. The van der Waals surface area contributed by atoms with E-state index in [1.165, 1.54) is 6.07 Å². The number of nitrogens with zero attached hydrogens (tertiary/aromatic N) is 2. The number of hydrogen-bond donors (Lipinski definition) is 5. The molecule has 0 radical (unpaired) electrons. The van der Waals surface area contributed by atoms with E-state index in [1.54, 1.807) is 29.2 Å². The molecule has 0 saturated carbocycles. The van der Waals surface area contributed by atoms with Crippen LogP contribution in [-0.4, -0.2) is 53.3 Å². The molecular weight excluding hydrogens is 418 g/mol. The van der Waals surface area contributed by atoms with Crippen molar-refractivity contribution in [1.29, 1.82) is 0 Å². The van der Waals surface area contributed by atoms with Gasteiger partial charge in [-0.15, -0.1) is 0 Å². The van der Waals surface area contributed by atoms with Crippen LogP contribution in [0.15, 0.2) is 53.3 Å². The summed E-state index contributed by atoms with van der Waals surface area (Å²) in [5.41, 5.74) is 2.69. The van der Waals surface area contributed by atoms with Gasteiger partial charge in [0, 0.05) is 30.3 Å². The number of carbonyl (C=O) groups is 3. The van der Waals surface area contributed by atoms with Crippen LogP contribution in [0.25, 0.3) is 5.69 Å². The molecule has 3 aliphatic rings. The first kappa shape index (κ1) is 20.0. The Balaban J connectivity index is 1.70. The van der Waals surface area contributed by atoms with Gasteiger partial charge in [-0.05, 0) is 42.5 Å². The van der Waals surface area contributed by atoms with Crippen LogP contribution in [0.4, 0.5) is 0 Å². The van der Waals surface area contributed by atoms with Crippen LogP contribution in [-0.2, 0) is 16.0 Å². The second-order valence-electron chi connectivity index (χ2n) is 8.32. The standard InChI is InChI=1S/C22H19N3O7/c23-21(31)17-14(27)8-10-6-9-7-11-12(25-5-1-4-24-25)2-3-13(26)16(11)18(28)15(9)19(29)22(10,32)20(17)30/h1-5,9-10,26-27,29,32H,6-8H2,(H2,23,31)/t9-,10+,22+/m1/s1. The minimum atomic E-state index is -2.56. The smallest absolute Gasteiger partial charge is 0.255 e. The number of fused-ring (bicyclic) bond motifs is 3. The molecule has 0 saturated heterocycles. The molecule has 1 amide bonds. The maximum atomic E-state index is 13.4. The Morgan fingerprint density at radius 3 is 2.59 bits per heavy atom. The Labute approximate surface area is 180 Å². The first-order valence-electron chi connectivity index (χ1n) is 9.98. The SMILES string of the molecule is NC(=O)C1=C(O)C[C@@H]2C[C@@H]3Cc4c(-n5cccn5)ccc(O)c4C(=O)C3=C(O)[C@]2(O)C1=O. The molecular formula is C22H19N3O7. The number of amides is 1. The number of ketones is 2. The summed E-state index contributed by atoms with van der Waals surface area (Å²) in [4.78, 5) is 38.0. The number of Topliss-reactive ketones (excluding diaryl/α,β-unsaturated/α-hetero) is 2. The normalized spacial score (nSPS) is 27.2. The number of aliphatic hydroxyl groups is 3. The van der Waals surface area contributed by atoms with Crippen molar-refractivity contribution in [1.82, 2.24) is 9.78 Å². The quantitative estimate of drug-likeness (QED) is 0.428. The first-order chi connectivity index (χ1) is 15.2. The summed E-state index contributed by atoms with van der Waals surface area (Å²) in [6, 6.07) is 4.67. The zero-order valence-corrected chi connectivity index (χ0v) is 16.6. The Kier molecular flexibility index (Phi) is 4.09. The number of aromatic hydroxyl groups is 1. The minimum Gasteiger partial charge on any atom is -0.511 e. The average molecular weight is 437 g/mol. The van der Waals surface area contributed by atoms with Crippen LogP contribution in [0, 0.1) is 11.8 Å². The maximum Gasteiger partial charge on any atom is 0.255 e. The summed E-state index contributed by atoms with van der Waals surface area (Å²) in [6.07, 6.45) is 3.30. The lowest BCUT2D eigenvalue weighted by atomic mass is 9.60. The van der Waals surface area contributed by atoms with Crippen LogP contribution in [0.2, 0.25) is 0 Å². The number of rotatable bonds is 2. The first-order valence-corrected chi connectivity index (χ1v) is 9.98. The molecule has 1 heterocycles. The molecule has 3 atom stereocenters. The number of allylic oxidation sites excluding steroid dienone is 2. The third kappa shape index (κ3) is 2.43. The number of benzene rings is 1. The van der Waals surface area contributed by atoms with E-state index in [9.17, 15) is 34.8 Å². The van der Waals surface area contributed by atoms with Crippen LogP contribution in [0.3, 0.4) is 0 Å². The summed E-state index contributed by atoms with van der Waals surface area (Å²) in [6.45, 7) is 0. The summed E-state index contributed by atoms with van der Waals surface area (Å²) in [5.74, 6) is -6.48. The van der Waals surface area contributed by atoms with Gasteiger partial charge in [0.25, 0.3) is 5.91 Å². The molecule has 6 N–H and O–H groups in total. The Morgan fingerprint density at radius 1 is 1.19 bits per heavy atom. The summed E-state index contributed by atoms with van der Waals surface area (Å²) in [5, 5.41) is 47.0. The van der Waals surface area contributed by atoms with E-state index in [-0.39, 0.29) is 36.1 Å². The molecule has 1 aromatic carbocycles. The van der Waals surface area contributed by atoms with E-state index < -0.39 is 52.0 Å². The van der Waals surface area contributed by atoms with E-state index in [1.807, 2.05) is 0 Å². The largest absolute Gasteiger partial charge is 0.511 e. The molecule has 2 aromatic rings. The van der Waals surface area contributed by atoms with Crippen LogP contribution in [0.5, 0.6) is 5.75 Å². The van der Waals surface area contributed by atoms with E-state index in [4.69, 9.17) is 5.73 Å². The van der Waals surface area contributed by atoms with Gasteiger partial charge < -0.3 is 26.2 Å². The van der Waals surface area contributed by atoms with Crippen molar-refractivity contribution in [2.45, 2.75) is 24.9 Å². The lowest BCUT2D eigenvalue weighted by Gasteiger charge is -2.45. The van der Waals surface area contributed by atoms with Crippen molar-refractivity contribution in [2.75, 3.05) is 0 Å². The lowest BCUT2D eigenvalue weighted by molar-refractivity contribution is -0.144. The number of phenols is 1. The van der Waals surface area contributed by atoms with Gasteiger partial charge in [0.05, 0.1) is 11.3 Å². The minimum absolute atomic E-state index is 0.0466. The highest BCUT2D eigenvalue weighted by Crippen LogP contribution is 2.51. The molecule has 10 nitrogen and oxygen atoms in total. The fraction of sp³-hybridized carbons (Fsp3) is 0.273. The van der Waals surface area contributed by atoms with E-state index in [2.05, 4.69) is 5.10 Å². The van der Waals surface area contributed by atoms with Crippen molar-refractivity contribution in [3.63, 3.8) is 0 Å². The predicted molar refractivity (Wildman–Crippen MR) is 108 cm³/mol. The van der Waals surface area contributed by atoms with Crippen LogP contribution < -0.4 is 5.73 Å². The zero-order chi connectivity index (χ0) is 22.9. The van der Waals surface area contributed by atoms with Crippen molar-refractivity contribution >= 4 is 17.5 Å². The van der Waals surface area contributed by atoms with Crippen molar-refractivity contribution in [3.8, 4) is 11.4 Å². The summed E-state index contributed by atoms with van der Waals surface area (Å²) in [7, 11) is 0. The molecule has 164 valence electrons. The third-order valence-corrected chi connectivity index (χ3v) is 6.67. The van der Waals surface area contributed by atoms with Gasteiger partial charge in [-0.1, -0.05) is 0 Å².